The van der Waals surface area contributed by atoms with Crippen LogP contribution in [0.4, 0.5) is 0 Å². The number of hydrogen-bond donors (Lipinski definition) is 1. The lowest BCUT2D eigenvalue weighted by Gasteiger charge is -2.09. The molecule has 0 aliphatic carbocycles. The molecule has 0 spiro atoms. The Morgan fingerprint density at radius 3 is 2.57 bits per heavy atom. The number of ether oxygens (including phenoxy) is 2. The maximum absolute atomic E-state index is 12.0. The zero-order valence-electron chi connectivity index (χ0n) is 16.9. The molecule has 2 rings (SSSR count). The van der Waals surface area contributed by atoms with Crippen molar-refractivity contribution < 1.29 is 19.1 Å². The minimum Gasteiger partial charge on any atom is -0.481 e. The molecule has 6 nitrogen and oxygen atoms in total. The van der Waals surface area contributed by atoms with Crippen molar-refractivity contribution in [3.63, 3.8) is 0 Å². The van der Waals surface area contributed by atoms with Crippen molar-refractivity contribution in [2.45, 2.75) is 26.7 Å². The number of nitriles is 1. The predicted molar refractivity (Wildman–Crippen MR) is 118 cm³/mol. The van der Waals surface area contributed by atoms with Crippen LogP contribution in [0, 0.1) is 18.3 Å². The molecule has 1 amide bonds. The molecule has 0 heterocycles. The number of nitrogens with one attached hydrogen (secondary N) is 1. The number of carbonyl (C=O) groups excluding carboxylic acids is 2. The number of hydrogen-bond acceptors (Lipinski definition) is 5. The van der Waals surface area contributed by atoms with E-state index in [-0.39, 0.29) is 12.2 Å². The quantitative estimate of drug-likeness (QED) is 0.190. The van der Waals surface area contributed by atoms with E-state index in [1.54, 1.807) is 30.3 Å². The smallest absolute Gasteiger partial charge is 0.349 e. The van der Waals surface area contributed by atoms with Gasteiger partial charge in [0, 0.05) is 6.54 Å². The summed E-state index contributed by atoms with van der Waals surface area (Å²) >= 11 is 3.39. The first-order valence-electron chi connectivity index (χ1n) is 9.52. The molecule has 2 aromatic rings. The van der Waals surface area contributed by atoms with Crippen molar-refractivity contribution in [2.24, 2.45) is 0 Å². The van der Waals surface area contributed by atoms with Crippen molar-refractivity contribution in [3.05, 3.63) is 63.6 Å². The molecule has 156 valence electrons. The number of amides is 1. The van der Waals surface area contributed by atoms with Crippen LogP contribution in [-0.4, -0.2) is 25.0 Å². The van der Waals surface area contributed by atoms with Crippen LogP contribution in [0.3, 0.4) is 0 Å². The molecular formula is C23H23BrN2O4. The lowest BCUT2D eigenvalue weighted by atomic mass is 10.1. The van der Waals surface area contributed by atoms with Gasteiger partial charge in [-0.3, -0.25) is 4.79 Å². The van der Waals surface area contributed by atoms with Crippen LogP contribution < -0.4 is 14.8 Å². The number of unbranched alkanes of at least 4 members (excludes halogenated alkanes) is 1. The second-order valence-corrected chi connectivity index (χ2v) is 7.40. The van der Waals surface area contributed by atoms with Crippen LogP contribution in [0.1, 0.15) is 30.9 Å². The van der Waals surface area contributed by atoms with Crippen molar-refractivity contribution in [2.75, 3.05) is 13.2 Å². The van der Waals surface area contributed by atoms with Gasteiger partial charge >= 0.3 is 5.97 Å². The van der Waals surface area contributed by atoms with Gasteiger partial charge in [0.05, 0.1) is 4.47 Å². The fourth-order valence-electron chi connectivity index (χ4n) is 2.44. The second kappa shape index (κ2) is 11.8. The van der Waals surface area contributed by atoms with E-state index < -0.39 is 11.9 Å². The Morgan fingerprint density at radius 1 is 1.20 bits per heavy atom. The lowest BCUT2D eigenvalue weighted by Crippen LogP contribution is -2.25. The van der Waals surface area contributed by atoms with E-state index in [9.17, 15) is 14.9 Å². The molecule has 30 heavy (non-hydrogen) atoms. The van der Waals surface area contributed by atoms with Crippen LogP contribution in [0.25, 0.3) is 6.08 Å². The van der Waals surface area contributed by atoms with Gasteiger partial charge in [-0.05, 0) is 70.7 Å². The van der Waals surface area contributed by atoms with Gasteiger partial charge in [0.15, 0.2) is 6.61 Å². The van der Waals surface area contributed by atoms with Crippen LogP contribution in [0.15, 0.2) is 52.5 Å². The highest BCUT2D eigenvalue weighted by atomic mass is 79.9. The molecule has 0 fully saturated rings. The Hall–Kier alpha value is -3.11. The highest BCUT2D eigenvalue weighted by Crippen LogP contribution is 2.25. The highest BCUT2D eigenvalue weighted by molar-refractivity contribution is 9.10. The third-order valence-corrected chi connectivity index (χ3v) is 4.66. The summed E-state index contributed by atoms with van der Waals surface area (Å²) in [5.74, 6) is -0.0476. The SMILES string of the molecule is CCCCNC(=O)/C(C#N)=C/c1ccc(OC(=O)COc2ccc(C)cc2Br)cc1. The van der Waals surface area contributed by atoms with E-state index in [4.69, 9.17) is 9.47 Å². The minimum atomic E-state index is -0.543. The summed E-state index contributed by atoms with van der Waals surface area (Å²) < 4.78 is 11.5. The third-order valence-electron chi connectivity index (χ3n) is 4.04. The zero-order chi connectivity index (χ0) is 21.9. The summed E-state index contributed by atoms with van der Waals surface area (Å²) in [6.45, 7) is 4.28. The molecule has 0 saturated carbocycles. The second-order valence-electron chi connectivity index (χ2n) is 6.54. The van der Waals surface area contributed by atoms with Gasteiger partial charge in [-0.25, -0.2) is 4.79 Å². The average molecular weight is 471 g/mol. The normalized spacial score (nSPS) is 10.8. The number of nitrogens with zero attached hydrogens (tertiary/aromatic N) is 1. The summed E-state index contributed by atoms with van der Waals surface area (Å²) in [6, 6.07) is 14.0. The standard InChI is InChI=1S/C23H23BrN2O4/c1-3-4-11-26-23(28)18(14-25)13-17-6-8-19(9-7-17)30-22(27)15-29-21-10-5-16(2)12-20(21)24/h5-10,12-13H,3-4,11,15H2,1-2H3,(H,26,28)/b18-13+. The van der Waals surface area contributed by atoms with Crippen molar-refractivity contribution in [1.82, 2.24) is 5.32 Å². The van der Waals surface area contributed by atoms with Gasteiger partial charge in [-0.15, -0.1) is 0 Å². The molecule has 0 aliphatic heterocycles. The van der Waals surface area contributed by atoms with E-state index in [0.717, 1.165) is 22.9 Å². The Balaban J connectivity index is 1.92. The molecule has 0 unspecified atom stereocenters. The van der Waals surface area contributed by atoms with Crippen LogP contribution in [-0.2, 0) is 9.59 Å². The molecule has 0 bridgehead atoms. The Bertz CT molecular complexity index is 962. The highest BCUT2D eigenvalue weighted by Gasteiger charge is 2.10. The summed E-state index contributed by atoms with van der Waals surface area (Å²) in [5, 5.41) is 11.9. The number of esters is 1. The summed E-state index contributed by atoms with van der Waals surface area (Å²) in [5.41, 5.74) is 1.74. The molecule has 0 aliphatic rings. The summed E-state index contributed by atoms with van der Waals surface area (Å²) in [6.07, 6.45) is 3.30. The summed E-state index contributed by atoms with van der Waals surface area (Å²) in [7, 11) is 0. The Kier molecular flexibility index (Phi) is 9.10. The monoisotopic (exact) mass is 470 g/mol. The maximum atomic E-state index is 12.0. The number of rotatable bonds is 9. The van der Waals surface area contributed by atoms with E-state index in [0.29, 0.717) is 23.6 Å². The first-order valence-corrected chi connectivity index (χ1v) is 10.3. The van der Waals surface area contributed by atoms with Crippen molar-refractivity contribution >= 4 is 33.9 Å². The number of benzene rings is 2. The first kappa shape index (κ1) is 23.2. The van der Waals surface area contributed by atoms with Crippen LogP contribution in [0.2, 0.25) is 0 Å². The fraction of sp³-hybridized carbons (Fsp3) is 0.261. The molecule has 1 N–H and O–H groups in total. The number of carbonyl (C=O) groups is 2. The molecule has 7 heteroatoms. The molecule has 2 aromatic carbocycles. The minimum absolute atomic E-state index is 0.0212. The van der Waals surface area contributed by atoms with Gasteiger partial charge in [-0.1, -0.05) is 31.5 Å². The maximum Gasteiger partial charge on any atom is 0.349 e. The van der Waals surface area contributed by atoms with E-state index in [2.05, 4.69) is 21.2 Å². The first-order chi connectivity index (χ1) is 14.4. The number of halogens is 1. The van der Waals surface area contributed by atoms with Gasteiger partial charge in [-0.2, -0.15) is 5.26 Å². The van der Waals surface area contributed by atoms with Gasteiger partial charge in [0.25, 0.3) is 5.91 Å². The molecular weight excluding hydrogens is 448 g/mol. The molecule has 0 atom stereocenters. The molecule has 0 aromatic heterocycles. The summed E-state index contributed by atoms with van der Waals surface area (Å²) in [4.78, 5) is 24.0. The zero-order valence-corrected chi connectivity index (χ0v) is 18.5. The van der Waals surface area contributed by atoms with Crippen LogP contribution >= 0.6 is 15.9 Å². The Labute approximate surface area is 184 Å². The Morgan fingerprint density at radius 2 is 1.93 bits per heavy atom. The van der Waals surface area contributed by atoms with Crippen molar-refractivity contribution in [1.29, 1.82) is 5.26 Å². The topological polar surface area (TPSA) is 88.4 Å². The number of aryl methyl sites for hydroxylation is 1. The average Bonchev–Trinajstić information content (AvgIpc) is 2.72. The molecule has 0 saturated heterocycles. The van der Waals surface area contributed by atoms with Gasteiger partial charge in [0.1, 0.15) is 23.1 Å². The fourth-order valence-corrected chi connectivity index (χ4v) is 3.05. The largest absolute Gasteiger partial charge is 0.481 e. The van der Waals surface area contributed by atoms with Crippen LogP contribution in [0.5, 0.6) is 11.5 Å². The van der Waals surface area contributed by atoms with E-state index in [1.807, 2.05) is 32.0 Å². The lowest BCUT2D eigenvalue weighted by molar-refractivity contribution is -0.136. The van der Waals surface area contributed by atoms with Gasteiger partial charge < -0.3 is 14.8 Å². The van der Waals surface area contributed by atoms with E-state index >= 15 is 0 Å². The van der Waals surface area contributed by atoms with Gasteiger partial charge in [0.2, 0.25) is 0 Å². The molecule has 0 radical (unpaired) electrons. The van der Waals surface area contributed by atoms with E-state index in [1.165, 1.54) is 6.08 Å². The van der Waals surface area contributed by atoms with Crippen molar-refractivity contribution in [3.8, 4) is 17.6 Å². The third kappa shape index (κ3) is 7.37. The predicted octanol–water partition coefficient (Wildman–Crippen LogP) is 4.57.